The summed E-state index contributed by atoms with van der Waals surface area (Å²) >= 11 is 0. The molecule has 0 saturated carbocycles. The lowest BCUT2D eigenvalue weighted by Crippen LogP contribution is -2.63. The summed E-state index contributed by atoms with van der Waals surface area (Å²) in [4.78, 5) is 23.3. The molecular weight excluding hydrogens is 367 g/mol. The maximum Gasteiger partial charge on any atom is 0.231 e. The molecule has 5 rings (SSSR count). The van der Waals surface area contributed by atoms with Crippen molar-refractivity contribution in [3.8, 4) is 0 Å². The van der Waals surface area contributed by atoms with Gasteiger partial charge in [-0.25, -0.2) is 9.37 Å². The third-order valence-electron chi connectivity index (χ3n) is 6.40. The minimum absolute atomic E-state index is 0.258. The Bertz CT molecular complexity index is 1020. The normalized spacial score (nSPS) is 19.3. The summed E-state index contributed by atoms with van der Waals surface area (Å²) in [7, 11) is 0. The van der Waals surface area contributed by atoms with Gasteiger partial charge in [-0.1, -0.05) is 30.3 Å². The molecule has 6 heteroatoms. The van der Waals surface area contributed by atoms with Crippen LogP contribution in [-0.2, 0) is 11.2 Å². The maximum absolute atomic E-state index is 13.4. The fourth-order valence-electron chi connectivity index (χ4n) is 4.65. The van der Waals surface area contributed by atoms with Crippen LogP contribution in [0.3, 0.4) is 0 Å². The number of piperidine rings is 1. The van der Waals surface area contributed by atoms with Crippen LogP contribution in [0.15, 0.2) is 48.5 Å². The van der Waals surface area contributed by atoms with E-state index in [9.17, 15) is 9.18 Å². The molecule has 2 aliphatic heterocycles. The molecule has 1 aromatic heterocycles. The Morgan fingerprint density at radius 3 is 2.59 bits per heavy atom. The Labute approximate surface area is 169 Å². The van der Waals surface area contributed by atoms with Gasteiger partial charge in [-0.2, -0.15) is 0 Å². The summed E-state index contributed by atoms with van der Waals surface area (Å²) in [5, 5.41) is 3.30. The van der Waals surface area contributed by atoms with Crippen molar-refractivity contribution in [2.45, 2.75) is 25.2 Å². The van der Waals surface area contributed by atoms with Crippen LogP contribution in [0.5, 0.6) is 0 Å². The van der Waals surface area contributed by atoms with Crippen molar-refractivity contribution in [3.63, 3.8) is 0 Å². The highest BCUT2D eigenvalue weighted by Crippen LogP contribution is 2.34. The number of hydrogen-bond acceptors (Lipinski definition) is 3. The monoisotopic (exact) mass is 392 g/mol. The molecule has 0 aliphatic carbocycles. The molecule has 150 valence electrons. The molecule has 29 heavy (non-hydrogen) atoms. The SMILES string of the molecule is O=C(N1CCC(c2nc3ccc(F)cc3[nH]2)CC1)C1(Cc2ccccc2)CNC1. The number of carbonyl (C=O) groups is 1. The van der Waals surface area contributed by atoms with Gasteiger partial charge >= 0.3 is 0 Å². The molecule has 3 aromatic rings. The van der Waals surface area contributed by atoms with Gasteiger partial charge in [0.1, 0.15) is 11.6 Å². The summed E-state index contributed by atoms with van der Waals surface area (Å²) in [6, 6.07) is 14.9. The molecule has 0 atom stereocenters. The number of hydrogen-bond donors (Lipinski definition) is 2. The van der Waals surface area contributed by atoms with E-state index >= 15 is 0 Å². The number of likely N-dealkylation sites (tertiary alicyclic amines) is 1. The maximum atomic E-state index is 13.4. The molecule has 2 N–H and O–H groups in total. The van der Waals surface area contributed by atoms with E-state index in [1.807, 2.05) is 23.1 Å². The van der Waals surface area contributed by atoms with E-state index in [4.69, 9.17) is 0 Å². The number of amides is 1. The topological polar surface area (TPSA) is 61.0 Å². The Balaban J connectivity index is 1.26. The van der Waals surface area contributed by atoms with Crippen molar-refractivity contribution in [2.24, 2.45) is 5.41 Å². The molecule has 1 amide bonds. The second kappa shape index (κ2) is 7.26. The number of imidazole rings is 1. The zero-order valence-electron chi connectivity index (χ0n) is 16.3. The summed E-state index contributed by atoms with van der Waals surface area (Å²) in [5.74, 6) is 1.19. The molecule has 3 heterocycles. The Morgan fingerprint density at radius 1 is 1.14 bits per heavy atom. The lowest BCUT2D eigenvalue weighted by atomic mass is 9.74. The van der Waals surface area contributed by atoms with E-state index in [-0.39, 0.29) is 23.1 Å². The largest absolute Gasteiger partial charge is 0.342 e. The van der Waals surface area contributed by atoms with Crippen LogP contribution < -0.4 is 5.32 Å². The second-order valence-electron chi connectivity index (χ2n) is 8.40. The molecule has 0 unspecified atom stereocenters. The van der Waals surface area contributed by atoms with Gasteiger partial charge in [0.15, 0.2) is 0 Å². The molecule has 2 aliphatic rings. The molecule has 2 saturated heterocycles. The third-order valence-corrected chi connectivity index (χ3v) is 6.40. The molecule has 0 bridgehead atoms. The van der Waals surface area contributed by atoms with Gasteiger partial charge in [0, 0.05) is 32.1 Å². The van der Waals surface area contributed by atoms with Gasteiger partial charge in [-0.15, -0.1) is 0 Å². The molecular formula is C23H25FN4O. The smallest absolute Gasteiger partial charge is 0.231 e. The van der Waals surface area contributed by atoms with E-state index < -0.39 is 0 Å². The average Bonchev–Trinajstić information content (AvgIpc) is 3.14. The number of benzene rings is 2. The Morgan fingerprint density at radius 2 is 1.90 bits per heavy atom. The number of aromatic amines is 1. The minimum atomic E-state index is -0.314. The molecule has 2 aromatic carbocycles. The number of H-pyrrole nitrogens is 1. The molecule has 2 fully saturated rings. The lowest BCUT2D eigenvalue weighted by Gasteiger charge is -2.45. The third kappa shape index (κ3) is 3.42. The van der Waals surface area contributed by atoms with Gasteiger partial charge in [-0.05, 0) is 43.0 Å². The van der Waals surface area contributed by atoms with Gasteiger partial charge in [0.2, 0.25) is 5.91 Å². The van der Waals surface area contributed by atoms with E-state index in [1.165, 1.54) is 17.7 Å². The Hall–Kier alpha value is -2.73. The van der Waals surface area contributed by atoms with Crippen LogP contribution in [0.4, 0.5) is 4.39 Å². The average molecular weight is 392 g/mol. The van der Waals surface area contributed by atoms with Gasteiger partial charge in [0.05, 0.1) is 16.4 Å². The fourth-order valence-corrected chi connectivity index (χ4v) is 4.65. The first kappa shape index (κ1) is 18.3. The first-order chi connectivity index (χ1) is 14.1. The number of carbonyl (C=O) groups excluding carboxylic acids is 1. The van der Waals surface area contributed by atoms with Gasteiger partial charge in [-0.3, -0.25) is 4.79 Å². The van der Waals surface area contributed by atoms with Gasteiger partial charge < -0.3 is 15.2 Å². The van der Waals surface area contributed by atoms with Crippen LogP contribution in [0.1, 0.15) is 30.1 Å². The predicted molar refractivity (Wildman–Crippen MR) is 110 cm³/mol. The summed E-state index contributed by atoms with van der Waals surface area (Å²) < 4.78 is 13.4. The molecule has 0 radical (unpaired) electrons. The van der Waals surface area contributed by atoms with Gasteiger partial charge in [0.25, 0.3) is 0 Å². The second-order valence-corrected chi connectivity index (χ2v) is 8.40. The van der Waals surface area contributed by atoms with Crippen LogP contribution in [-0.4, -0.2) is 47.0 Å². The summed E-state index contributed by atoms with van der Waals surface area (Å²) in [6.45, 7) is 2.97. The standard InChI is InChI=1S/C23H25FN4O/c24-18-6-7-19-20(12-18)27-21(26-19)17-8-10-28(11-9-17)22(29)23(14-25-15-23)13-16-4-2-1-3-5-16/h1-7,12,17,25H,8-11,13-15H2,(H,26,27). The summed E-state index contributed by atoms with van der Waals surface area (Å²) in [6.07, 6.45) is 2.54. The minimum Gasteiger partial charge on any atom is -0.342 e. The molecule has 5 nitrogen and oxygen atoms in total. The highest BCUT2D eigenvalue weighted by Gasteiger charge is 2.46. The van der Waals surface area contributed by atoms with Crippen molar-refractivity contribution in [1.82, 2.24) is 20.2 Å². The Kier molecular flexibility index (Phi) is 4.59. The van der Waals surface area contributed by atoms with Crippen molar-refractivity contribution < 1.29 is 9.18 Å². The highest BCUT2D eigenvalue weighted by atomic mass is 19.1. The predicted octanol–water partition coefficient (Wildman–Crippen LogP) is 3.24. The zero-order chi connectivity index (χ0) is 19.8. The van der Waals surface area contributed by atoms with Crippen LogP contribution in [0, 0.1) is 11.2 Å². The molecule has 0 spiro atoms. The first-order valence-electron chi connectivity index (χ1n) is 10.3. The first-order valence-corrected chi connectivity index (χ1v) is 10.3. The van der Waals surface area contributed by atoms with E-state index in [0.29, 0.717) is 0 Å². The highest BCUT2D eigenvalue weighted by molar-refractivity contribution is 5.85. The van der Waals surface area contributed by atoms with Crippen LogP contribution in [0.2, 0.25) is 0 Å². The lowest BCUT2D eigenvalue weighted by molar-refractivity contribution is -0.146. The van der Waals surface area contributed by atoms with E-state index in [1.54, 1.807) is 6.07 Å². The zero-order valence-corrected chi connectivity index (χ0v) is 16.3. The van der Waals surface area contributed by atoms with Crippen molar-refractivity contribution >= 4 is 16.9 Å². The van der Waals surface area contributed by atoms with Crippen LogP contribution >= 0.6 is 0 Å². The number of nitrogens with one attached hydrogen (secondary N) is 2. The van der Waals surface area contributed by atoms with Crippen LogP contribution in [0.25, 0.3) is 11.0 Å². The van der Waals surface area contributed by atoms with Crippen molar-refractivity contribution in [3.05, 3.63) is 65.7 Å². The fraction of sp³-hybridized carbons (Fsp3) is 0.391. The number of fused-ring (bicyclic) bond motifs is 1. The van der Waals surface area contributed by atoms with Crippen molar-refractivity contribution in [2.75, 3.05) is 26.2 Å². The van der Waals surface area contributed by atoms with Crippen molar-refractivity contribution in [1.29, 1.82) is 0 Å². The number of halogens is 1. The summed E-state index contributed by atoms with van der Waals surface area (Å²) in [5.41, 5.74) is 2.43. The number of nitrogens with zero attached hydrogens (tertiary/aromatic N) is 2. The van der Waals surface area contributed by atoms with E-state index in [2.05, 4.69) is 27.4 Å². The van der Waals surface area contributed by atoms with E-state index in [0.717, 1.165) is 62.3 Å². The quantitative estimate of drug-likeness (QED) is 0.717. The number of rotatable bonds is 4. The number of aromatic nitrogens is 2.